The van der Waals surface area contributed by atoms with Gasteiger partial charge in [-0.3, -0.25) is 0 Å². The molecule has 0 unspecified atom stereocenters. The lowest BCUT2D eigenvalue weighted by Crippen LogP contribution is -2.06. The van der Waals surface area contributed by atoms with E-state index in [0.717, 1.165) is 7.11 Å². The molecule has 0 fully saturated rings. The third-order valence-corrected chi connectivity index (χ3v) is 2.88. The molecule has 1 aromatic carbocycles. The van der Waals surface area contributed by atoms with Crippen molar-refractivity contribution in [2.45, 2.75) is 4.90 Å². The highest BCUT2D eigenvalue weighted by atomic mass is 32.5. The smallest absolute Gasteiger partial charge is 0.310 e. The molecule has 0 saturated heterocycles. The van der Waals surface area contributed by atoms with E-state index in [1.807, 2.05) is 0 Å². The Kier molecular flexibility index (Phi) is 2.20. The molecule has 0 saturated carbocycles. The minimum absolute atomic E-state index is 0.0837. The van der Waals surface area contributed by atoms with E-state index in [0.29, 0.717) is 6.07 Å². The highest BCUT2D eigenvalue weighted by Crippen LogP contribution is 3.02. The molecule has 1 aromatic rings. The number of benzene rings is 1. The van der Waals surface area contributed by atoms with Crippen LogP contribution < -0.4 is 4.74 Å². The Balaban J connectivity index is 3.50. The van der Waals surface area contributed by atoms with Crippen molar-refractivity contribution in [3.63, 3.8) is 0 Å². The summed E-state index contributed by atoms with van der Waals surface area (Å²) < 4.78 is 66.3. The summed E-state index contributed by atoms with van der Waals surface area (Å²) in [5.41, 5.74) is -0.590. The summed E-state index contributed by atoms with van der Waals surface area (Å²) in [4.78, 5) is -2.10. The zero-order chi connectivity index (χ0) is 12.7. The molecule has 0 bridgehead atoms. The zero-order valence-corrected chi connectivity index (χ0v) is 8.70. The molecule has 0 amide bonds. The molecule has 2 nitrogen and oxygen atoms in total. The van der Waals surface area contributed by atoms with Crippen molar-refractivity contribution in [1.82, 2.24) is 0 Å². The second kappa shape index (κ2) is 2.79. The maximum atomic E-state index is 12.3. The first-order chi connectivity index (χ1) is 6.97. The molecule has 16 heavy (non-hydrogen) atoms. The topological polar surface area (TPSA) is 33.0 Å². The Hall–Kier alpha value is -1.49. The van der Waals surface area contributed by atoms with Crippen molar-refractivity contribution < 1.29 is 24.2 Å². The highest BCUT2D eigenvalue weighted by molar-refractivity contribution is 8.45. The second-order valence-electron chi connectivity index (χ2n) is 2.94. The van der Waals surface area contributed by atoms with Gasteiger partial charge < -0.3 is 4.74 Å². The van der Waals surface area contributed by atoms with Gasteiger partial charge in [0.15, 0.2) is 0 Å². The van der Waals surface area contributed by atoms with Crippen molar-refractivity contribution in [3.05, 3.63) is 23.8 Å². The van der Waals surface area contributed by atoms with Crippen molar-refractivity contribution >= 4 is 10.2 Å². The number of halogens is 5. The van der Waals surface area contributed by atoms with E-state index in [1.54, 1.807) is 0 Å². The van der Waals surface area contributed by atoms with E-state index < -0.39 is 20.7 Å². The fraction of sp³-hybridized carbons (Fsp3) is 0.125. The number of nitriles is 1. The molecule has 0 atom stereocenters. The standard InChI is InChI=1S/C8H6F5NOS/c1-15-8-3-2-7(4-6(8)5-14)16(9,10,11,12)13/h2-4H,1H3. The second-order valence-corrected chi connectivity index (χ2v) is 5.35. The molecule has 0 aliphatic carbocycles. The average Bonchev–Trinajstić information content (AvgIpc) is 2.13. The van der Waals surface area contributed by atoms with Crippen LogP contribution in [-0.2, 0) is 0 Å². The molecular formula is C8H6F5NOS. The number of hydrogen-bond donors (Lipinski definition) is 0. The van der Waals surface area contributed by atoms with Gasteiger partial charge in [0, 0.05) is 0 Å². The summed E-state index contributed by atoms with van der Waals surface area (Å²) in [6.45, 7) is 0. The fourth-order valence-electron chi connectivity index (χ4n) is 1.01. The zero-order valence-electron chi connectivity index (χ0n) is 7.89. The third-order valence-electron chi connectivity index (χ3n) is 1.74. The third kappa shape index (κ3) is 2.55. The Morgan fingerprint density at radius 3 is 2.12 bits per heavy atom. The van der Waals surface area contributed by atoms with Crippen LogP contribution in [0.3, 0.4) is 0 Å². The lowest BCUT2D eigenvalue weighted by molar-refractivity contribution is 0.363. The van der Waals surface area contributed by atoms with Gasteiger partial charge in [-0.2, -0.15) is 5.26 Å². The highest BCUT2D eigenvalue weighted by Gasteiger charge is 2.65. The summed E-state index contributed by atoms with van der Waals surface area (Å²) in [6.07, 6.45) is 0. The number of hydrogen-bond acceptors (Lipinski definition) is 2. The molecule has 8 heteroatoms. The molecule has 0 spiro atoms. The Morgan fingerprint density at radius 1 is 1.19 bits per heavy atom. The molecule has 0 radical (unpaired) electrons. The SMILES string of the molecule is COc1ccc(S(F)(F)(F)(F)F)cc1C#N. The van der Waals surface area contributed by atoms with Crippen LogP contribution in [0.1, 0.15) is 5.56 Å². The van der Waals surface area contributed by atoms with E-state index in [-0.39, 0.29) is 17.9 Å². The van der Waals surface area contributed by atoms with Gasteiger partial charge in [-0.05, 0) is 18.2 Å². The number of ether oxygens (including phenoxy) is 1. The van der Waals surface area contributed by atoms with Crippen LogP contribution in [0.2, 0.25) is 0 Å². The van der Waals surface area contributed by atoms with E-state index in [2.05, 4.69) is 4.74 Å². The van der Waals surface area contributed by atoms with Crippen LogP contribution in [0.4, 0.5) is 19.4 Å². The van der Waals surface area contributed by atoms with Gasteiger partial charge in [0.05, 0.1) is 12.7 Å². The van der Waals surface area contributed by atoms with Crippen molar-refractivity contribution in [3.8, 4) is 11.8 Å². The van der Waals surface area contributed by atoms with E-state index >= 15 is 0 Å². The normalized spacial score (nSPS) is 15.8. The summed E-state index contributed by atoms with van der Waals surface area (Å²) in [6, 6.07) is 2.32. The average molecular weight is 259 g/mol. The molecule has 1 rings (SSSR count). The largest absolute Gasteiger partial charge is 0.495 e. The maximum absolute atomic E-state index is 12.3. The van der Waals surface area contributed by atoms with Crippen LogP contribution in [0.5, 0.6) is 5.75 Å². The van der Waals surface area contributed by atoms with Crippen LogP contribution in [0.15, 0.2) is 23.1 Å². The van der Waals surface area contributed by atoms with Crippen LogP contribution in [-0.4, -0.2) is 7.11 Å². The minimum atomic E-state index is -9.73. The van der Waals surface area contributed by atoms with Gasteiger partial charge in [-0.25, -0.2) is 0 Å². The molecule has 0 heterocycles. The summed E-state index contributed by atoms with van der Waals surface area (Å²) in [5, 5.41) is 8.48. The van der Waals surface area contributed by atoms with Crippen LogP contribution >= 0.6 is 10.2 Å². The van der Waals surface area contributed by atoms with Crippen molar-refractivity contribution in [1.29, 1.82) is 5.26 Å². The van der Waals surface area contributed by atoms with Gasteiger partial charge >= 0.3 is 10.2 Å². The Bertz CT molecular complexity index is 475. The van der Waals surface area contributed by atoms with Crippen molar-refractivity contribution in [2.75, 3.05) is 7.11 Å². The van der Waals surface area contributed by atoms with E-state index in [1.165, 1.54) is 6.07 Å². The van der Waals surface area contributed by atoms with Crippen molar-refractivity contribution in [2.24, 2.45) is 0 Å². The summed E-state index contributed by atoms with van der Waals surface area (Å²) in [7, 11) is -8.61. The van der Waals surface area contributed by atoms with Crippen LogP contribution in [0.25, 0.3) is 0 Å². The van der Waals surface area contributed by atoms with Gasteiger partial charge in [0.25, 0.3) is 0 Å². The monoisotopic (exact) mass is 259 g/mol. The maximum Gasteiger partial charge on any atom is 0.310 e. The molecule has 0 aliphatic heterocycles. The van der Waals surface area contributed by atoms with Gasteiger partial charge in [-0.15, -0.1) is 0 Å². The molecule has 90 valence electrons. The first kappa shape index (κ1) is 12.6. The van der Waals surface area contributed by atoms with Gasteiger partial charge in [0.1, 0.15) is 16.7 Å². The quantitative estimate of drug-likeness (QED) is 0.745. The number of rotatable bonds is 2. The van der Waals surface area contributed by atoms with Gasteiger partial charge in [0.2, 0.25) is 0 Å². The number of methoxy groups -OCH3 is 1. The molecular weight excluding hydrogens is 253 g/mol. The molecule has 0 N–H and O–H groups in total. The lowest BCUT2D eigenvalue weighted by atomic mass is 10.2. The van der Waals surface area contributed by atoms with E-state index in [4.69, 9.17) is 5.26 Å². The summed E-state index contributed by atoms with van der Waals surface area (Å²) in [5.74, 6) is -0.187. The van der Waals surface area contributed by atoms with E-state index in [9.17, 15) is 19.4 Å². The summed E-state index contributed by atoms with van der Waals surface area (Å²) >= 11 is 0. The Morgan fingerprint density at radius 2 is 1.75 bits per heavy atom. The molecule has 0 aromatic heterocycles. The number of nitrogens with zero attached hydrogens (tertiary/aromatic N) is 1. The molecule has 0 aliphatic rings. The first-order valence-corrected chi connectivity index (χ1v) is 5.75. The lowest BCUT2D eigenvalue weighted by Gasteiger charge is -2.40. The predicted molar refractivity (Wildman–Crippen MR) is 49.1 cm³/mol. The van der Waals surface area contributed by atoms with Crippen LogP contribution in [0, 0.1) is 11.3 Å². The predicted octanol–water partition coefficient (Wildman–Crippen LogP) is 4.22. The van der Waals surface area contributed by atoms with Gasteiger partial charge in [-0.1, -0.05) is 19.4 Å². The fourth-order valence-corrected chi connectivity index (χ4v) is 1.68. The minimum Gasteiger partial charge on any atom is -0.495 e. The first-order valence-electron chi connectivity index (χ1n) is 3.80. The Labute approximate surface area is 88.0 Å².